The largest absolute Gasteiger partial charge is 0.489 e. The van der Waals surface area contributed by atoms with Crippen molar-refractivity contribution in [1.29, 1.82) is 0 Å². The minimum atomic E-state index is -4.78. The molecule has 14 heteroatoms. The van der Waals surface area contributed by atoms with E-state index in [-0.39, 0.29) is 34.3 Å². The standard InChI is InChI=1S/C33H24F3N3O6S2/c34-33(35,36)20-8-4-5-9-21(20)38-30(40)25-18-13-19(26(25)31(38)41)27-24(18)23(28-29(46-27)37-32(42)47-28)17-12-16(39(43)44)10-11-22(17)45-14-15-6-2-1-3-7-15/h1-12,18-19,23-27H,13-14H2,(H,37,42)/t18-,19-,23?,24?,25?,26?,27?/m1/s1. The van der Waals surface area contributed by atoms with E-state index in [0.29, 0.717) is 32.5 Å². The Hall–Kier alpha value is -4.43. The number of nitro groups is 1. The van der Waals surface area contributed by atoms with Crippen LogP contribution in [0.5, 0.6) is 5.75 Å². The van der Waals surface area contributed by atoms with E-state index in [0.717, 1.165) is 29.0 Å². The van der Waals surface area contributed by atoms with Crippen LogP contribution in [0.1, 0.15) is 33.9 Å². The van der Waals surface area contributed by atoms with Crippen molar-refractivity contribution in [3.8, 4) is 5.75 Å². The van der Waals surface area contributed by atoms with Gasteiger partial charge in [0.2, 0.25) is 11.8 Å². The van der Waals surface area contributed by atoms with Gasteiger partial charge >= 0.3 is 11.0 Å². The number of aromatic nitrogens is 1. The van der Waals surface area contributed by atoms with Gasteiger partial charge in [0.05, 0.1) is 33.0 Å². The van der Waals surface area contributed by atoms with Gasteiger partial charge in [0.25, 0.3) is 5.69 Å². The first-order valence-electron chi connectivity index (χ1n) is 14.9. The average Bonchev–Trinajstić information content (AvgIpc) is 3.78. The smallest absolute Gasteiger partial charge is 0.418 e. The van der Waals surface area contributed by atoms with E-state index in [1.165, 1.54) is 36.0 Å². The molecule has 3 heterocycles. The topological polar surface area (TPSA) is 123 Å². The van der Waals surface area contributed by atoms with Crippen LogP contribution < -0.4 is 14.5 Å². The van der Waals surface area contributed by atoms with Crippen molar-refractivity contribution in [3.05, 3.63) is 114 Å². The zero-order valence-electron chi connectivity index (χ0n) is 24.2. The number of rotatable bonds is 6. The molecule has 2 aliphatic heterocycles. The fourth-order valence-corrected chi connectivity index (χ4v) is 11.1. The average molecular weight is 680 g/mol. The second-order valence-corrected chi connectivity index (χ2v) is 14.4. The third-order valence-electron chi connectivity index (χ3n) is 9.95. The summed E-state index contributed by atoms with van der Waals surface area (Å²) in [4.78, 5) is 56.1. The van der Waals surface area contributed by atoms with E-state index in [1.807, 2.05) is 30.3 Å². The molecule has 2 aliphatic carbocycles. The summed E-state index contributed by atoms with van der Waals surface area (Å²) in [5.41, 5.74) is -0.348. The molecule has 3 fully saturated rings. The van der Waals surface area contributed by atoms with Gasteiger partial charge in [-0.3, -0.25) is 24.5 Å². The number of benzene rings is 3. The first-order valence-corrected chi connectivity index (χ1v) is 16.6. The summed E-state index contributed by atoms with van der Waals surface area (Å²) >= 11 is 2.40. The second-order valence-electron chi connectivity index (χ2n) is 12.2. The number of thioether (sulfide) groups is 1. The van der Waals surface area contributed by atoms with Crippen LogP contribution in [0.3, 0.4) is 0 Å². The van der Waals surface area contributed by atoms with Gasteiger partial charge in [-0.05, 0) is 47.9 Å². The minimum absolute atomic E-state index is 0.172. The summed E-state index contributed by atoms with van der Waals surface area (Å²) in [5, 5.41) is 12.3. The number of amides is 2. The van der Waals surface area contributed by atoms with E-state index in [1.54, 1.807) is 6.07 Å². The molecule has 0 spiro atoms. The van der Waals surface area contributed by atoms with Crippen LogP contribution in [0.4, 0.5) is 24.5 Å². The van der Waals surface area contributed by atoms with E-state index in [9.17, 15) is 37.7 Å². The molecule has 240 valence electrons. The first-order chi connectivity index (χ1) is 22.5. The number of H-pyrrole nitrogens is 1. The van der Waals surface area contributed by atoms with Crippen LogP contribution in [-0.4, -0.2) is 27.0 Å². The number of hydrogen-bond acceptors (Lipinski definition) is 8. The molecule has 1 aromatic heterocycles. The molecule has 4 aliphatic rings. The highest BCUT2D eigenvalue weighted by molar-refractivity contribution is 8.00. The lowest BCUT2D eigenvalue weighted by atomic mass is 9.68. The van der Waals surface area contributed by atoms with Crippen molar-refractivity contribution < 1.29 is 32.4 Å². The van der Waals surface area contributed by atoms with Crippen LogP contribution >= 0.6 is 23.1 Å². The Balaban J connectivity index is 1.23. The predicted octanol–water partition coefficient (Wildman–Crippen LogP) is 6.62. The molecule has 47 heavy (non-hydrogen) atoms. The van der Waals surface area contributed by atoms with Crippen LogP contribution in [-0.2, 0) is 22.4 Å². The number of alkyl halides is 3. The Kier molecular flexibility index (Phi) is 6.88. The molecule has 3 aromatic carbocycles. The fourth-order valence-electron chi connectivity index (χ4n) is 8.27. The first kappa shape index (κ1) is 29.9. The van der Waals surface area contributed by atoms with Gasteiger partial charge in [-0.15, -0.1) is 11.8 Å². The summed E-state index contributed by atoms with van der Waals surface area (Å²) < 4.78 is 48.3. The van der Waals surface area contributed by atoms with E-state index >= 15 is 0 Å². The van der Waals surface area contributed by atoms with Gasteiger partial charge in [0, 0.05) is 33.7 Å². The highest BCUT2D eigenvalue weighted by Gasteiger charge is 2.70. The van der Waals surface area contributed by atoms with E-state index in [2.05, 4.69) is 4.98 Å². The lowest BCUT2D eigenvalue weighted by Gasteiger charge is -2.43. The maximum absolute atomic E-state index is 14.1. The zero-order chi connectivity index (χ0) is 32.8. The third-order valence-corrected chi connectivity index (χ3v) is 12.5. The van der Waals surface area contributed by atoms with Gasteiger partial charge < -0.3 is 9.72 Å². The minimum Gasteiger partial charge on any atom is -0.489 e. The maximum Gasteiger partial charge on any atom is 0.418 e. The number of carbonyl (C=O) groups excluding carboxylic acids is 2. The molecule has 1 saturated heterocycles. The molecule has 7 atom stereocenters. The number of thiazole rings is 1. The number of nitro benzene ring substituents is 1. The van der Waals surface area contributed by atoms with Crippen LogP contribution in [0.15, 0.2) is 82.6 Å². The number of carbonyl (C=O) groups is 2. The number of halogens is 3. The molecule has 4 aromatic rings. The second kappa shape index (κ2) is 10.8. The lowest BCUT2D eigenvalue weighted by molar-refractivity contribution is -0.385. The Morgan fingerprint density at radius 3 is 2.38 bits per heavy atom. The Labute approximate surface area is 272 Å². The molecule has 2 amide bonds. The molecule has 8 rings (SSSR count). The van der Waals surface area contributed by atoms with Crippen molar-refractivity contribution in [2.45, 2.75) is 35.4 Å². The fraction of sp³-hybridized carbons (Fsp3) is 0.303. The van der Waals surface area contributed by atoms with Crippen LogP contribution in [0.2, 0.25) is 0 Å². The van der Waals surface area contributed by atoms with Crippen LogP contribution in [0, 0.1) is 39.7 Å². The predicted molar refractivity (Wildman–Crippen MR) is 166 cm³/mol. The summed E-state index contributed by atoms with van der Waals surface area (Å²) in [5.74, 6) is -4.31. The molecule has 2 bridgehead atoms. The number of imide groups is 1. The van der Waals surface area contributed by atoms with Gasteiger partial charge in [-0.2, -0.15) is 13.2 Å². The summed E-state index contributed by atoms with van der Waals surface area (Å²) in [6.07, 6.45) is -4.28. The molecule has 9 nitrogen and oxygen atoms in total. The quantitative estimate of drug-likeness (QED) is 0.138. The van der Waals surface area contributed by atoms with Gasteiger partial charge in [0.1, 0.15) is 12.4 Å². The molecular weight excluding hydrogens is 656 g/mol. The molecule has 0 radical (unpaired) electrons. The zero-order valence-corrected chi connectivity index (χ0v) is 25.8. The van der Waals surface area contributed by atoms with Gasteiger partial charge in [0.15, 0.2) is 0 Å². The summed E-state index contributed by atoms with van der Waals surface area (Å²) in [6, 6.07) is 18.3. The Morgan fingerprint density at radius 2 is 1.66 bits per heavy atom. The summed E-state index contributed by atoms with van der Waals surface area (Å²) in [7, 11) is 0. The van der Waals surface area contributed by atoms with E-state index < -0.39 is 57.8 Å². The molecule has 1 N–H and O–H groups in total. The summed E-state index contributed by atoms with van der Waals surface area (Å²) in [6.45, 7) is 0.175. The number of fused-ring (bicyclic) bond motifs is 9. The normalized spacial score (nSPS) is 27.5. The number of anilines is 1. The highest BCUT2D eigenvalue weighted by Crippen LogP contribution is 2.69. The third kappa shape index (κ3) is 4.63. The SMILES string of the molecule is O=C1C2C(C(=O)N1c1ccccc1C(F)(F)F)[C@@H]1C[C@H]2C2Sc3[nH]c(=O)sc3C(c3cc([N+](=O)[O-])ccc3OCc3ccccc3)C21. The molecule has 5 unspecified atom stereocenters. The Bertz CT molecular complexity index is 2010. The number of para-hydroxylation sites is 1. The maximum atomic E-state index is 14.1. The number of ether oxygens (including phenoxy) is 1. The highest BCUT2D eigenvalue weighted by atomic mass is 32.2. The van der Waals surface area contributed by atoms with Crippen LogP contribution in [0.25, 0.3) is 0 Å². The van der Waals surface area contributed by atoms with Crippen molar-refractivity contribution in [2.75, 3.05) is 4.90 Å². The molecule has 2 saturated carbocycles. The van der Waals surface area contributed by atoms with Crippen molar-refractivity contribution in [2.24, 2.45) is 29.6 Å². The van der Waals surface area contributed by atoms with Crippen molar-refractivity contribution in [1.82, 2.24) is 4.98 Å². The van der Waals surface area contributed by atoms with Crippen molar-refractivity contribution >= 4 is 46.3 Å². The number of non-ortho nitro benzene ring substituents is 1. The Morgan fingerprint density at radius 1 is 0.957 bits per heavy atom. The number of nitrogens with zero attached hydrogens (tertiary/aromatic N) is 2. The van der Waals surface area contributed by atoms with Gasteiger partial charge in [-0.25, -0.2) is 4.90 Å². The number of nitrogens with one attached hydrogen (secondary N) is 1. The molecular formula is C33H24F3N3O6S2. The number of aromatic amines is 1. The lowest BCUT2D eigenvalue weighted by Crippen LogP contribution is -2.42. The monoisotopic (exact) mass is 679 g/mol. The van der Waals surface area contributed by atoms with Gasteiger partial charge in [-0.1, -0.05) is 53.8 Å². The van der Waals surface area contributed by atoms with E-state index in [4.69, 9.17) is 4.74 Å². The number of hydrogen-bond donors (Lipinski definition) is 1. The van der Waals surface area contributed by atoms with Crippen molar-refractivity contribution in [3.63, 3.8) is 0 Å².